The SMILES string of the molecule is CCCCCCCN(C(=O)O)C1CNC1=O. The van der Waals surface area contributed by atoms with E-state index in [0.717, 1.165) is 19.3 Å². The summed E-state index contributed by atoms with van der Waals surface area (Å²) >= 11 is 0. The van der Waals surface area contributed by atoms with Crippen molar-refractivity contribution in [3.8, 4) is 0 Å². The molecule has 5 nitrogen and oxygen atoms in total. The number of hydrogen-bond acceptors (Lipinski definition) is 2. The fourth-order valence-corrected chi connectivity index (χ4v) is 1.80. The molecule has 0 radical (unpaired) electrons. The molecular weight excluding hydrogens is 208 g/mol. The van der Waals surface area contributed by atoms with Crippen molar-refractivity contribution in [2.45, 2.75) is 45.1 Å². The van der Waals surface area contributed by atoms with E-state index in [1.54, 1.807) is 0 Å². The molecule has 92 valence electrons. The zero-order valence-corrected chi connectivity index (χ0v) is 9.74. The molecule has 0 aromatic heterocycles. The number of rotatable bonds is 7. The monoisotopic (exact) mass is 228 g/mol. The van der Waals surface area contributed by atoms with Crippen LogP contribution in [0.4, 0.5) is 4.79 Å². The first kappa shape index (κ1) is 12.8. The van der Waals surface area contributed by atoms with E-state index in [0.29, 0.717) is 13.1 Å². The molecule has 0 aromatic carbocycles. The van der Waals surface area contributed by atoms with Crippen LogP contribution in [0.1, 0.15) is 39.0 Å². The van der Waals surface area contributed by atoms with Gasteiger partial charge < -0.3 is 10.4 Å². The summed E-state index contributed by atoms with van der Waals surface area (Å²) in [5.41, 5.74) is 0. The van der Waals surface area contributed by atoms with Crippen LogP contribution in [-0.2, 0) is 4.79 Å². The molecule has 1 aliphatic heterocycles. The van der Waals surface area contributed by atoms with Crippen molar-refractivity contribution >= 4 is 12.0 Å². The maximum Gasteiger partial charge on any atom is 0.408 e. The van der Waals surface area contributed by atoms with Gasteiger partial charge in [-0.25, -0.2) is 4.79 Å². The van der Waals surface area contributed by atoms with Gasteiger partial charge in [0.1, 0.15) is 6.04 Å². The number of carboxylic acid groups (broad SMARTS) is 1. The van der Waals surface area contributed by atoms with E-state index in [1.165, 1.54) is 17.7 Å². The van der Waals surface area contributed by atoms with Gasteiger partial charge in [0.25, 0.3) is 0 Å². The Morgan fingerprint density at radius 3 is 2.56 bits per heavy atom. The third-order valence-corrected chi connectivity index (χ3v) is 2.90. The number of nitrogens with one attached hydrogen (secondary N) is 1. The lowest BCUT2D eigenvalue weighted by Gasteiger charge is -2.34. The summed E-state index contributed by atoms with van der Waals surface area (Å²) in [6.07, 6.45) is 4.39. The molecule has 0 bridgehead atoms. The molecule has 1 heterocycles. The average molecular weight is 228 g/mol. The number of amides is 2. The standard InChI is InChI=1S/C11H20N2O3/c1-2-3-4-5-6-7-13(11(15)16)9-8-12-10(9)14/h9H,2-8H2,1H3,(H,12,14)(H,15,16). The molecule has 2 N–H and O–H groups in total. The van der Waals surface area contributed by atoms with Crippen molar-refractivity contribution in [2.24, 2.45) is 0 Å². The second-order valence-corrected chi connectivity index (χ2v) is 4.15. The van der Waals surface area contributed by atoms with Gasteiger partial charge in [-0.15, -0.1) is 0 Å². The quantitative estimate of drug-likeness (QED) is 0.511. The van der Waals surface area contributed by atoms with Gasteiger partial charge in [0.15, 0.2) is 0 Å². The molecule has 2 amide bonds. The minimum absolute atomic E-state index is 0.170. The molecule has 5 heteroatoms. The maximum absolute atomic E-state index is 11.1. The van der Waals surface area contributed by atoms with E-state index < -0.39 is 12.1 Å². The number of carbonyl (C=O) groups excluding carboxylic acids is 1. The summed E-state index contributed by atoms with van der Waals surface area (Å²) < 4.78 is 0. The van der Waals surface area contributed by atoms with Crippen molar-refractivity contribution in [1.29, 1.82) is 0 Å². The summed E-state index contributed by atoms with van der Waals surface area (Å²) in [6.45, 7) is 3.07. The van der Waals surface area contributed by atoms with Crippen molar-refractivity contribution in [3.05, 3.63) is 0 Å². The zero-order chi connectivity index (χ0) is 12.0. The first-order chi connectivity index (χ1) is 7.66. The molecule has 0 aromatic rings. The number of unbranched alkanes of at least 4 members (excludes halogenated alkanes) is 4. The summed E-state index contributed by atoms with van der Waals surface area (Å²) in [6, 6.07) is -0.455. The van der Waals surface area contributed by atoms with E-state index in [1.807, 2.05) is 0 Å². The Labute approximate surface area is 95.8 Å². The maximum atomic E-state index is 11.1. The Bertz CT molecular complexity index is 256. The lowest BCUT2D eigenvalue weighted by molar-refractivity contribution is -0.132. The van der Waals surface area contributed by atoms with E-state index >= 15 is 0 Å². The number of nitrogens with zero attached hydrogens (tertiary/aromatic N) is 1. The molecule has 0 saturated carbocycles. The largest absolute Gasteiger partial charge is 0.465 e. The second-order valence-electron chi connectivity index (χ2n) is 4.15. The molecule has 1 fully saturated rings. The van der Waals surface area contributed by atoms with Crippen LogP contribution >= 0.6 is 0 Å². The van der Waals surface area contributed by atoms with E-state index in [9.17, 15) is 9.59 Å². The predicted octanol–water partition coefficient (Wildman–Crippen LogP) is 1.44. The molecule has 1 rings (SSSR count). The molecule has 1 saturated heterocycles. The predicted molar refractivity (Wildman–Crippen MR) is 60.3 cm³/mol. The van der Waals surface area contributed by atoms with Gasteiger partial charge in [-0.05, 0) is 6.42 Å². The molecule has 1 unspecified atom stereocenters. The van der Waals surface area contributed by atoms with Crippen LogP contribution < -0.4 is 5.32 Å². The highest BCUT2D eigenvalue weighted by Crippen LogP contribution is 2.10. The van der Waals surface area contributed by atoms with Gasteiger partial charge in [0.2, 0.25) is 5.91 Å². The molecular formula is C11H20N2O3. The van der Waals surface area contributed by atoms with Crippen molar-refractivity contribution in [1.82, 2.24) is 10.2 Å². The van der Waals surface area contributed by atoms with Gasteiger partial charge in [0.05, 0.1) is 0 Å². The summed E-state index contributed by atoms with van der Waals surface area (Å²) in [5, 5.41) is 11.5. The van der Waals surface area contributed by atoms with Gasteiger partial charge >= 0.3 is 6.09 Å². The van der Waals surface area contributed by atoms with Crippen LogP contribution in [0.5, 0.6) is 0 Å². The molecule has 0 aliphatic carbocycles. The minimum atomic E-state index is -0.990. The first-order valence-electron chi connectivity index (χ1n) is 5.94. The van der Waals surface area contributed by atoms with Gasteiger partial charge in [0, 0.05) is 13.1 Å². The van der Waals surface area contributed by atoms with Gasteiger partial charge in [-0.1, -0.05) is 32.6 Å². The van der Waals surface area contributed by atoms with Crippen LogP contribution in [0, 0.1) is 0 Å². The highest BCUT2D eigenvalue weighted by atomic mass is 16.4. The lowest BCUT2D eigenvalue weighted by Crippen LogP contribution is -2.63. The summed E-state index contributed by atoms with van der Waals surface area (Å²) in [7, 11) is 0. The number of hydrogen-bond donors (Lipinski definition) is 2. The van der Waals surface area contributed by atoms with E-state index in [2.05, 4.69) is 12.2 Å². The van der Waals surface area contributed by atoms with Crippen LogP contribution in [0.3, 0.4) is 0 Å². The fraction of sp³-hybridized carbons (Fsp3) is 0.818. The Kier molecular flexibility index (Phi) is 5.08. The van der Waals surface area contributed by atoms with Crippen LogP contribution in [0.15, 0.2) is 0 Å². The van der Waals surface area contributed by atoms with Crippen LogP contribution in [0.25, 0.3) is 0 Å². The molecule has 16 heavy (non-hydrogen) atoms. The Morgan fingerprint density at radius 2 is 2.12 bits per heavy atom. The zero-order valence-electron chi connectivity index (χ0n) is 9.74. The number of carbonyl (C=O) groups is 2. The van der Waals surface area contributed by atoms with E-state index in [-0.39, 0.29) is 5.91 Å². The highest BCUT2D eigenvalue weighted by Gasteiger charge is 2.35. The average Bonchev–Trinajstić information content (AvgIpc) is 2.24. The van der Waals surface area contributed by atoms with E-state index in [4.69, 9.17) is 5.11 Å². The van der Waals surface area contributed by atoms with Gasteiger partial charge in [-0.3, -0.25) is 9.69 Å². The highest BCUT2D eigenvalue weighted by molar-refractivity contribution is 5.90. The van der Waals surface area contributed by atoms with Crippen molar-refractivity contribution < 1.29 is 14.7 Å². The van der Waals surface area contributed by atoms with Crippen molar-refractivity contribution in [2.75, 3.05) is 13.1 Å². The molecule has 1 aliphatic rings. The summed E-state index contributed by atoms with van der Waals surface area (Å²) in [4.78, 5) is 23.3. The van der Waals surface area contributed by atoms with Crippen LogP contribution in [0.2, 0.25) is 0 Å². The summed E-state index contributed by atoms with van der Waals surface area (Å²) in [5.74, 6) is -0.170. The Hall–Kier alpha value is -1.26. The minimum Gasteiger partial charge on any atom is -0.465 e. The number of β-lactam (4-membered cyclic amide) rings is 1. The third kappa shape index (κ3) is 3.40. The van der Waals surface area contributed by atoms with Gasteiger partial charge in [-0.2, -0.15) is 0 Å². The Morgan fingerprint density at radius 1 is 1.44 bits per heavy atom. The molecule has 1 atom stereocenters. The normalized spacial score (nSPS) is 18.8. The van der Waals surface area contributed by atoms with Crippen LogP contribution in [-0.4, -0.2) is 41.1 Å². The second kappa shape index (κ2) is 6.35. The third-order valence-electron chi connectivity index (χ3n) is 2.90. The van der Waals surface area contributed by atoms with Crippen molar-refractivity contribution in [3.63, 3.8) is 0 Å². The smallest absolute Gasteiger partial charge is 0.408 e. The fourth-order valence-electron chi connectivity index (χ4n) is 1.80. The lowest BCUT2D eigenvalue weighted by atomic mass is 10.1. The first-order valence-corrected chi connectivity index (χ1v) is 5.94. The topological polar surface area (TPSA) is 69.6 Å². The molecule has 0 spiro atoms. The Balaban J connectivity index is 2.24.